The smallest absolute Gasteiger partial charge is 0.255 e. The number of aromatic nitrogens is 1. The first-order chi connectivity index (χ1) is 12.2. The number of fused-ring (bicyclic) bond motifs is 1. The molecule has 0 saturated heterocycles. The summed E-state index contributed by atoms with van der Waals surface area (Å²) in [6.45, 7) is 0.821. The third-order valence-corrected chi connectivity index (χ3v) is 5.20. The maximum atomic E-state index is 12.7. The standard InChI is InChI=1S/C20H18N4O/c21-16-8-10-24-18-14(16)4-1-5-15(18)20(25)23-19(24)13-6-7-17-12(11-13)3-2-9-22-17/h1-7,9,11,16,19H,8,10,21H2,(H,23,25)/t16-,19-/m1/s1. The number of rotatable bonds is 1. The first-order valence-corrected chi connectivity index (χ1v) is 8.53. The molecule has 25 heavy (non-hydrogen) atoms. The predicted octanol–water partition coefficient (Wildman–Crippen LogP) is 2.89. The van der Waals surface area contributed by atoms with Gasteiger partial charge in [0.25, 0.3) is 5.91 Å². The number of carbonyl (C=O) groups excluding carboxylic acids is 1. The monoisotopic (exact) mass is 330 g/mol. The second kappa shape index (κ2) is 5.29. The molecule has 0 saturated carbocycles. The maximum absolute atomic E-state index is 12.7. The summed E-state index contributed by atoms with van der Waals surface area (Å²) < 4.78 is 0. The van der Waals surface area contributed by atoms with Crippen molar-refractivity contribution in [3.63, 3.8) is 0 Å². The molecule has 2 atom stereocenters. The molecule has 3 aromatic rings. The number of hydrogen-bond donors (Lipinski definition) is 2. The molecule has 3 N–H and O–H groups in total. The van der Waals surface area contributed by atoms with Crippen LogP contribution >= 0.6 is 0 Å². The average molecular weight is 330 g/mol. The summed E-state index contributed by atoms with van der Waals surface area (Å²) in [5.41, 5.74) is 11.1. The van der Waals surface area contributed by atoms with E-state index >= 15 is 0 Å². The van der Waals surface area contributed by atoms with Crippen molar-refractivity contribution >= 4 is 22.5 Å². The highest BCUT2D eigenvalue weighted by Gasteiger charge is 2.37. The fourth-order valence-electron chi connectivity index (χ4n) is 3.98. The zero-order valence-corrected chi connectivity index (χ0v) is 13.6. The maximum Gasteiger partial charge on any atom is 0.255 e. The molecule has 124 valence electrons. The van der Waals surface area contributed by atoms with E-state index < -0.39 is 0 Å². The summed E-state index contributed by atoms with van der Waals surface area (Å²) >= 11 is 0. The van der Waals surface area contributed by atoms with Crippen LogP contribution in [0.2, 0.25) is 0 Å². The van der Waals surface area contributed by atoms with Gasteiger partial charge in [0.15, 0.2) is 0 Å². The molecule has 0 spiro atoms. The lowest BCUT2D eigenvalue weighted by Gasteiger charge is -2.44. The van der Waals surface area contributed by atoms with Crippen LogP contribution < -0.4 is 16.0 Å². The average Bonchev–Trinajstić information content (AvgIpc) is 2.66. The molecule has 2 aliphatic rings. The molecule has 5 nitrogen and oxygen atoms in total. The number of nitrogens with one attached hydrogen (secondary N) is 1. The predicted molar refractivity (Wildman–Crippen MR) is 97.3 cm³/mol. The van der Waals surface area contributed by atoms with Gasteiger partial charge < -0.3 is 16.0 Å². The summed E-state index contributed by atoms with van der Waals surface area (Å²) in [6.07, 6.45) is 2.48. The van der Waals surface area contributed by atoms with E-state index in [-0.39, 0.29) is 18.1 Å². The Balaban J connectivity index is 1.66. The van der Waals surface area contributed by atoms with Crippen LogP contribution in [0, 0.1) is 0 Å². The van der Waals surface area contributed by atoms with Crippen LogP contribution in [0.25, 0.3) is 10.9 Å². The zero-order valence-electron chi connectivity index (χ0n) is 13.6. The van der Waals surface area contributed by atoms with Crippen LogP contribution in [0.1, 0.15) is 40.1 Å². The van der Waals surface area contributed by atoms with Crippen LogP contribution in [0.4, 0.5) is 5.69 Å². The minimum atomic E-state index is -0.182. The molecule has 0 aliphatic carbocycles. The Hall–Kier alpha value is -2.92. The van der Waals surface area contributed by atoms with Gasteiger partial charge >= 0.3 is 0 Å². The van der Waals surface area contributed by atoms with Gasteiger partial charge in [-0.05, 0) is 41.8 Å². The number of pyridine rings is 1. The highest BCUT2D eigenvalue weighted by molar-refractivity contribution is 6.03. The molecule has 0 unspecified atom stereocenters. The number of anilines is 1. The molecule has 5 heteroatoms. The number of benzene rings is 2. The minimum Gasteiger partial charge on any atom is -0.346 e. The van der Waals surface area contributed by atoms with Crippen molar-refractivity contribution in [2.75, 3.05) is 11.4 Å². The van der Waals surface area contributed by atoms with E-state index in [0.717, 1.165) is 40.7 Å². The summed E-state index contributed by atoms with van der Waals surface area (Å²) in [5, 5.41) is 4.23. The summed E-state index contributed by atoms with van der Waals surface area (Å²) in [7, 11) is 0. The number of para-hydroxylation sites is 1. The van der Waals surface area contributed by atoms with Crippen LogP contribution in [0.3, 0.4) is 0 Å². The van der Waals surface area contributed by atoms with Crippen molar-refractivity contribution < 1.29 is 4.79 Å². The van der Waals surface area contributed by atoms with E-state index in [9.17, 15) is 4.79 Å². The third kappa shape index (κ3) is 2.13. The molecular weight excluding hydrogens is 312 g/mol. The summed E-state index contributed by atoms with van der Waals surface area (Å²) in [5.74, 6) is -0.0431. The third-order valence-electron chi connectivity index (χ3n) is 5.20. The Morgan fingerprint density at radius 3 is 3.00 bits per heavy atom. The van der Waals surface area contributed by atoms with Gasteiger partial charge in [-0.25, -0.2) is 0 Å². The Bertz CT molecular complexity index is 1000. The molecule has 1 amide bonds. The van der Waals surface area contributed by atoms with Gasteiger partial charge in [-0.2, -0.15) is 0 Å². The minimum absolute atomic E-state index is 0.0152. The van der Waals surface area contributed by atoms with E-state index in [4.69, 9.17) is 5.73 Å². The number of amides is 1. The lowest BCUT2D eigenvalue weighted by molar-refractivity contribution is 0.0925. The molecule has 1 aromatic heterocycles. The van der Waals surface area contributed by atoms with Gasteiger partial charge in [-0.1, -0.05) is 24.3 Å². The first kappa shape index (κ1) is 14.4. The van der Waals surface area contributed by atoms with E-state index in [1.165, 1.54) is 0 Å². The van der Waals surface area contributed by atoms with E-state index in [1.54, 1.807) is 6.20 Å². The van der Waals surface area contributed by atoms with E-state index in [2.05, 4.69) is 21.3 Å². The molecular formula is C20H18N4O. The molecule has 0 fully saturated rings. The highest BCUT2D eigenvalue weighted by Crippen LogP contribution is 2.42. The topological polar surface area (TPSA) is 71.2 Å². The highest BCUT2D eigenvalue weighted by atomic mass is 16.2. The molecule has 0 bridgehead atoms. The van der Waals surface area contributed by atoms with Crippen LogP contribution in [0.5, 0.6) is 0 Å². The quantitative estimate of drug-likeness (QED) is 0.720. The Kier molecular flexibility index (Phi) is 3.05. The van der Waals surface area contributed by atoms with Crippen molar-refractivity contribution in [1.29, 1.82) is 0 Å². The molecule has 5 rings (SSSR count). The molecule has 2 aromatic carbocycles. The van der Waals surface area contributed by atoms with Gasteiger partial charge in [0.1, 0.15) is 6.17 Å². The SMILES string of the molecule is N[C@@H]1CCN2c3c(cccc31)C(=O)N[C@H]2c1ccc2ncccc2c1. The van der Waals surface area contributed by atoms with Crippen LogP contribution in [-0.4, -0.2) is 17.4 Å². The first-order valence-electron chi connectivity index (χ1n) is 8.53. The molecule has 3 heterocycles. The number of hydrogen-bond acceptors (Lipinski definition) is 4. The Morgan fingerprint density at radius 2 is 2.08 bits per heavy atom. The second-order valence-corrected chi connectivity index (χ2v) is 6.66. The van der Waals surface area contributed by atoms with Crippen molar-refractivity contribution in [2.45, 2.75) is 18.6 Å². The Morgan fingerprint density at radius 1 is 1.16 bits per heavy atom. The van der Waals surface area contributed by atoms with E-state index in [0.29, 0.717) is 5.56 Å². The lowest BCUT2D eigenvalue weighted by Crippen LogP contribution is -2.49. The van der Waals surface area contributed by atoms with Crippen molar-refractivity contribution in [2.24, 2.45) is 5.73 Å². The normalized spacial score (nSPS) is 21.8. The van der Waals surface area contributed by atoms with Crippen molar-refractivity contribution in [3.8, 4) is 0 Å². The largest absolute Gasteiger partial charge is 0.346 e. The second-order valence-electron chi connectivity index (χ2n) is 6.66. The van der Waals surface area contributed by atoms with Crippen LogP contribution in [0.15, 0.2) is 54.7 Å². The molecule has 2 aliphatic heterocycles. The van der Waals surface area contributed by atoms with Crippen molar-refractivity contribution in [1.82, 2.24) is 10.3 Å². The van der Waals surface area contributed by atoms with Gasteiger partial charge in [0.2, 0.25) is 0 Å². The zero-order chi connectivity index (χ0) is 17.0. The van der Waals surface area contributed by atoms with Gasteiger partial charge in [-0.15, -0.1) is 0 Å². The number of carbonyl (C=O) groups is 1. The number of nitrogens with two attached hydrogens (primary N) is 1. The lowest BCUT2D eigenvalue weighted by atomic mass is 9.90. The van der Waals surface area contributed by atoms with Crippen LogP contribution in [-0.2, 0) is 0 Å². The number of nitrogens with zero attached hydrogens (tertiary/aromatic N) is 2. The van der Waals surface area contributed by atoms with Gasteiger partial charge in [-0.3, -0.25) is 9.78 Å². The van der Waals surface area contributed by atoms with Crippen molar-refractivity contribution in [3.05, 3.63) is 71.4 Å². The van der Waals surface area contributed by atoms with E-state index in [1.807, 2.05) is 42.5 Å². The fraction of sp³-hybridized carbons (Fsp3) is 0.200. The Labute approximate surface area is 145 Å². The molecule has 0 radical (unpaired) electrons. The fourth-order valence-corrected chi connectivity index (χ4v) is 3.98. The summed E-state index contributed by atoms with van der Waals surface area (Å²) in [6, 6.07) is 15.9. The van der Waals surface area contributed by atoms with Gasteiger partial charge in [0, 0.05) is 24.2 Å². The summed E-state index contributed by atoms with van der Waals surface area (Å²) in [4.78, 5) is 19.3. The van der Waals surface area contributed by atoms with Gasteiger partial charge in [0.05, 0.1) is 16.8 Å².